The van der Waals surface area contributed by atoms with Gasteiger partial charge in [0.25, 0.3) is 0 Å². The van der Waals surface area contributed by atoms with Crippen LogP contribution >= 0.6 is 0 Å². The first-order chi connectivity index (χ1) is 6.77. The van der Waals surface area contributed by atoms with Gasteiger partial charge in [0.2, 0.25) is 0 Å². The van der Waals surface area contributed by atoms with E-state index in [4.69, 9.17) is 0 Å². The topological polar surface area (TPSA) is 34.9 Å². The van der Waals surface area contributed by atoms with Crippen molar-refractivity contribution < 1.29 is 4.79 Å². The maximum Gasteiger partial charge on any atom is 0.143 e. The minimum Gasteiger partial charge on any atom is -0.338 e. The number of nitrogens with zero attached hydrogens (tertiary/aromatic N) is 2. The first-order valence-corrected chi connectivity index (χ1v) is 5.26. The number of carbonyl (C=O) groups is 1. The molecule has 0 unspecified atom stereocenters. The second-order valence-electron chi connectivity index (χ2n) is 4.08. The van der Waals surface area contributed by atoms with Crippen molar-refractivity contribution in [2.75, 3.05) is 0 Å². The van der Waals surface area contributed by atoms with Crippen LogP contribution in [0.2, 0.25) is 0 Å². The molecule has 1 aromatic heterocycles. The van der Waals surface area contributed by atoms with E-state index in [-0.39, 0.29) is 0 Å². The molecule has 14 heavy (non-hydrogen) atoms. The molecule has 0 aromatic carbocycles. The molecule has 0 spiro atoms. The first-order valence-electron chi connectivity index (χ1n) is 5.26. The van der Waals surface area contributed by atoms with Gasteiger partial charge in [0.1, 0.15) is 11.6 Å². The highest BCUT2D eigenvalue weighted by atomic mass is 16.1. The molecular weight excluding hydrogens is 176 g/mol. The molecule has 1 aromatic rings. The van der Waals surface area contributed by atoms with Gasteiger partial charge in [-0.25, -0.2) is 4.98 Å². The number of rotatable bonds is 3. The summed E-state index contributed by atoms with van der Waals surface area (Å²) in [7, 11) is 1.93. The van der Waals surface area contributed by atoms with E-state index in [0.29, 0.717) is 18.1 Å². The van der Waals surface area contributed by atoms with Crippen molar-refractivity contribution in [3.05, 3.63) is 18.2 Å². The Kier molecular flexibility index (Phi) is 2.66. The van der Waals surface area contributed by atoms with E-state index in [9.17, 15) is 4.79 Å². The van der Waals surface area contributed by atoms with Gasteiger partial charge in [-0.15, -0.1) is 0 Å². The van der Waals surface area contributed by atoms with Crippen LogP contribution < -0.4 is 0 Å². The zero-order valence-electron chi connectivity index (χ0n) is 8.57. The molecule has 0 bridgehead atoms. The Morgan fingerprint density at radius 2 is 2.29 bits per heavy atom. The van der Waals surface area contributed by atoms with E-state index in [1.165, 1.54) is 12.8 Å². The highest BCUT2D eigenvalue weighted by molar-refractivity contribution is 5.82. The average molecular weight is 192 g/mol. The summed E-state index contributed by atoms with van der Waals surface area (Å²) in [6.07, 6.45) is 8.75. The van der Waals surface area contributed by atoms with Crippen molar-refractivity contribution in [3.63, 3.8) is 0 Å². The normalized spacial score (nSPS) is 17.5. The van der Waals surface area contributed by atoms with Gasteiger partial charge in [0.15, 0.2) is 0 Å². The number of carbonyl (C=O) groups excluding carboxylic acids is 1. The molecule has 76 valence electrons. The quantitative estimate of drug-likeness (QED) is 0.731. The molecule has 0 atom stereocenters. The summed E-state index contributed by atoms with van der Waals surface area (Å²) in [4.78, 5) is 16.0. The first kappa shape index (κ1) is 9.44. The van der Waals surface area contributed by atoms with E-state index in [1.54, 1.807) is 6.20 Å². The Bertz CT molecular complexity index is 324. The second kappa shape index (κ2) is 3.95. The van der Waals surface area contributed by atoms with Gasteiger partial charge in [0, 0.05) is 25.4 Å². The van der Waals surface area contributed by atoms with Crippen molar-refractivity contribution in [1.29, 1.82) is 0 Å². The zero-order chi connectivity index (χ0) is 9.97. The van der Waals surface area contributed by atoms with Crippen molar-refractivity contribution in [1.82, 2.24) is 9.55 Å². The van der Waals surface area contributed by atoms with Crippen molar-refractivity contribution in [3.8, 4) is 0 Å². The lowest BCUT2D eigenvalue weighted by Gasteiger charge is -2.07. The van der Waals surface area contributed by atoms with Crippen LogP contribution in [-0.4, -0.2) is 15.3 Å². The molecule has 0 N–H and O–H groups in total. The molecule has 0 radical (unpaired) electrons. The molecule has 0 amide bonds. The fraction of sp³-hybridized carbons (Fsp3) is 0.636. The smallest absolute Gasteiger partial charge is 0.143 e. The number of ketones is 1. The molecule has 0 saturated heterocycles. The third-order valence-electron chi connectivity index (χ3n) is 3.06. The molecule has 1 heterocycles. The summed E-state index contributed by atoms with van der Waals surface area (Å²) in [5, 5.41) is 0. The zero-order valence-corrected chi connectivity index (χ0v) is 8.57. The van der Waals surface area contributed by atoms with Crippen LogP contribution in [0.4, 0.5) is 0 Å². The number of Topliss-reactive ketones (excluding diaryl/α,β-unsaturated/α-hetero) is 1. The van der Waals surface area contributed by atoms with Crippen LogP contribution in [0.5, 0.6) is 0 Å². The lowest BCUT2D eigenvalue weighted by atomic mass is 10.00. The van der Waals surface area contributed by atoms with E-state index >= 15 is 0 Å². The number of imidazole rings is 1. The molecule has 3 heteroatoms. The maximum atomic E-state index is 11.8. The molecule has 1 aliphatic carbocycles. The van der Waals surface area contributed by atoms with Crippen LogP contribution in [0.3, 0.4) is 0 Å². The summed E-state index contributed by atoms with van der Waals surface area (Å²) >= 11 is 0. The Morgan fingerprint density at radius 1 is 1.57 bits per heavy atom. The van der Waals surface area contributed by atoms with Gasteiger partial charge < -0.3 is 4.57 Å². The van der Waals surface area contributed by atoms with Crippen molar-refractivity contribution in [2.24, 2.45) is 13.0 Å². The number of hydrogen-bond donors (Lipinski definition) is 0. The highest BCUT2D eigenvalue weighted by Gasteiger charge is 2.23. The van der Waals surface area contributed by atoms with Gasteiger partial charge in [-0.2, -0.15) is 0 Å². The SMILES string of the molecule is Cn1ccnc1CC(=O)C1CCCC1. The molecule has 0 aliphatic heterocycles. The Labute approximate surface area is 84.1 Å². The Morgan fingerprint density at radius 3 is 2.86 bits per heavy atom. The van der Waals surface area contributed by atoms with Gasteiger partial charge in [-0.3, -0.25) is 4.79 Å². The number of hydrogen-bond acceptors (Lipinski definition) is 2. The standard InChI is InChI=1S/C11H16N2O/c1-13-7-6-12-11(13)8-10(14)9-4-2-3-5-9/h6-7,9H,2-5,8H2,1H3. The Hall–Kier alpha value is -1.12. The summed E-state index contributed by atoms with van der Waals surface area (Å²) in [5.74, 6) is 1.57. The highest BCUT2D eigenvalue weighted by Crippen LogP contribution is 2.26. The number of aromatic nitrogens is 2. The fourth-order valence-electron chi connectivity index (χ4n) is 2.11. The van der Waals surface area contributed by atoms with Crippen LogP contribution in [0.1, 0.15) is 31.5 Å². The van der Waals surface area contributed by atoms with Gasteiger partial charge in [-0.05, 0) is 12.8 Å². The predicted molar refractivity (Wildman–Crippen MR) is 53.9 cm³/mol. The summed E-state index contributed by atoms with van der Waals surface area (Å²) < 4.78 is 1.92. The van der Waals surface area contributed by atoms with Crippen molar-refractivity contribution >= 4 is 5.78 Å². The predicted octanol–water partition coefficient (Wildman–Crippen LogP) is 1.72. The van der Waals surface area contributed by atoms with Crippen molar-refractivity contribution in [2.45, 2.75) is 32.1 Å². The van der Waals surface area contributed by atoms with Crippen LogP contribution in [0.15, 0.2) is 12.4 Å². The largest absolute Gasteiger partial charge is 0.338 e. The molecule has 1 fully saturated rings. The monoisotopic (exact) mass is 192 g/mol. The lowest BCUT2D eigenvalue weighted by molar-refractivity contribution is -0.122. The summed E-state index contributed by atoms with van der Waals surface area (Å²) in [5.41, 5.74) is 0. The molecular formula is C11H16N2O. The van der Waals surface area contributed by atoms with Crippen LogP contribution in [-0.2, 0) is 18.3 Å². The second-order valence-corrected chi connectivity index (χ2v) is 4.08. The number of aryl methyl sites for hydroxylation is 1. The third-order valence-corrected chi connectivity index (χ3v) is 3.06. The fourth-order valence-corrected chi connectivity index (χ4v) is 2.11. The summed E-state index contributed by atoms with van der Waals surface area (Å²) in [6, 6.07) is 0. The molecule has 2 rings (SSSR count). The average Bonchev–Trinajstić information content (AvgIpc) is 2.77. The Balaban J connectivity index is 1.97. The molecule has 1 saturated carbocycles. The minimum atomic E-state index is 0.312. The van der Waals surface area contributed by atoms with E-state index in [1.807, 2.05) is 17.8 Å². The van der Waals surface area contributed by atoms with Crippen LogP contribution in [0.25, 0.3) is 0 Å². The van der Waals surface area contributed by atoms with Crippen LogP contribution in [0, 0.1) is 5.92 Å². The maximum absolute atomic E-state index is 11.8. The van der Waals surface area contributed by atoms with Gasteiger partial charge in [0.05, 0.1) is 6.42 Å². The van der Waals surface area contributed by atoms with Gasteiger partial charge in [-0.1, -0.05) is 12.8 Å². The lowest BCUT2D eigenvalue weighted by Crippen LogP contribution is -2.15. The van der Waals surface area contributed by atoms with E-state index in [0.717, 1.165) is 18.7 Å². The molecule has 3 nitrogen and oxygen atoms in total. The molecule has 1 aliphatic rings. The van der Waals surface area contributed by atoms with E-state index in [2.05, 4.69) is 4.98 Å². The minimum absolute atomic E-state index is 0.312. The summed E-state index contributed by atoms with van der Waals surface area (Å²) in [6.45, 7) is 0. The van der Waals surface area contributed by atoms with Gasteiger partial charge >= 0.3 is 0 Å². The third kappa shape index (κ3) is 1.86. The van der Waals surface area contributed by atoms with E-state index < -0.39 is 0 Å².